The Morgan fingerprint density at radius 3 is 2.42 bits per heavy atom. The maximum Gasteiger partial charge on any atom is 0.222 e. The van der Waals surface area contributed by atoms with Crippen molar-refractivity contribution >= 4 is 11.8 Å². The third-order valence-corrected chi connectivity index (χ3v) is 3.58. The van der Waals surface area contributed by atoms with E-state index >= 15 is 0 Å². The molecule has 0 saturated carbocycles. The first-order chi connectivity index (χ1) is 12.5. The van der Waals surface area contributed by atoms with Crippen LogP contribution in [0.2, 0.25) is 0 Å². The topological polar surface area (TPSA) is 111 Å². The number of nitrogens with zero attached hydrogens (tertiary/aromatic N) is 3. The zero-order valence-electron chi connectivity index (χ0n) is 13.4. The van der Waals surface area contributed by atoms with E-state index < -0.39 is 11.6 Å². The van der Waals surface area contributed by atoms with E-state index in [0.29, 0.717) is 11.3 Å². The first-order valence-electron chi connectivity index (χ1n) is 7.48. The van der Waals surface area contributed by atoms with E-state index in [-0.39, 0.29) is 29.7 Å². The molecule has 4 N–H and O–H groups in total. The highest BCUT2D eigenvalue weighted by Gasteiger charge is 2.13. The Kier molecular flexibility index (Phi) is 4.62. The van der Waals surface area contributed by atoms with Crippen molar-refractivity contribution in [2.24, 2.45) is 0 Å². The lowest BCUT2D eigenvalue weighted by atomic mass is 10.1. The number of ether oxygens (including phenoxy) is 1. The number of aromatic nitrogens is 2. The summed E-state index contributed by atoms with van der Waals surface area (Å²) in [7, 11) is 0. The molecule has 6 nitrogen and oxygen atoms in total. The molecule has 0 saturated heterocycles. The lowest BCUT2D eigenvalue weighted by Crippen LogP contribution is -2.05. The van der Waals surface area contributed by atoms with Gasteiger partial charge in [0.25, 0.3) is 0 Å². The molecule has 0 radical (unpaired) electrons. The van der Waals surface area contributed by atoms with Crippen LogP contribution in [0, 0.1) is 23.0 Å². The van der Waals surface area contributed by atoms with Crippen molar-refractivity contribution in [3.05, 3.63) is 65.2 Å². The third kappa shape index (κ3) is 3.52. The minimum atomic E-state index is -0.771. The first-order valence-corrected chi connectivity index (χ1v) is 7.48. The first kappa shape index (κ1) is 17.1. The average Bonchev–Trinajstić information content (AvgIpc) is 2.61. The highest BCUT2D eigenvalue weighted by atomic mass is 19.1. The monoisotopic (exact) mass is 353 g/mol. The summed E-state index contributed by atoms with van der Waals surface area (Å²) in [6.07, 6.45) is 0. The van der Waals surface area contributed by atoms with Gasteiger partial charge in [-0.05, 0) is 17.7 Å². The molecule has 1 aromatic heterocycles. The summed E-state index contributed by atoms with van der Waals surface area (Å²) in [5, 5.41) is 9.23. The number of nitrogens with two attached hydrogens (primary N) is 2. The molecule has 0 amide bonds. The maximum absolute atomic E-state index is 13.6. The molecule has 0 fully saturated rings. The average molecular weight is 353 g/mol. The molecule has 3 aromatic rings. The summed E-state index contributed by atoms with van der Waals surface area (Å²) in [5.41, 5.74) is 13.1. The molecule has 0 unspecified atom stereocenters. The van der Waals surface area contributed by atoms with E-state index in [1.165, 1.54) is 6.07 Å². The van der Waals surface area contributed by atoms with Gasteiger partial charge in [-0.3, -0.25) is 0 Å². The van der Waals surface area contributed by atoms with Crippen LogP contribution in [0.3, 0.4) is 0 Å². The van der Waals surface area contributed by atoms with E-state index in [9.17, 15) is 14.0 Å². The Morgan fingerprint density at radius 1 is 1.04 bits per heavy atom. The number of anilines is 2. The fraction of sp³-hybridized carbons (Fsp3) is 0.0556. The van der Waals surface area contributed by atoms with Crippen LogP contribution in [0.4, 0.5) is 20.5 Å². The van der Waals surface area contributed by atoms with Crippen LogP contribution in [0.5, 0.6) is 5.75 Å². The Balaban J connectivity index is 1.80. The van der Waals surface area contributed by atoms with E-state index in [1.54, 1.807) is 24.3 Å². The minimum Gasteiger partial charge on any atom is -0.486 e. The Hall–Kier alpha value is -3.73. The summed E-state index contributed by atoms with van der Waals surface area (Å²) in [5.74, 6) is -1.51. The van der Waals surface area contributed by atoms with Crippen molar-refractivity contribution < 1.29 is 13.5 Å². The predicted molar refractivity (Wildman–Crippen MR) is 91.7 cm³/mol. The van der Waals surface area contributed by atoms with E-state index in [4.69, 9.17) is 16.2 Å². The second-order valence-electron chi connectivity index (χ2n) is 5.36. The number of benzene rings is 2. The van der Waals surface area contributed by atoms with Crippen molar-refractivity contribution in [2.75, 3.05) is 11.5 Å². The van der Waals surface area contributed by atoms with Crippen LogP contribution in [-0.4, -0.2) is 9.97 Å². The molecule has 130 valence electrons. The third-order valence-electron chi connectivity index (χ3n) is 3.58. The standard InChI is InChI=1S/C18H13F2N5O/c19-12-5-6-15(14(20)7-12)26-9-10-1-3-11(4-2-10)16-13(8-21)17(22)25-18(23)24-16/h1-7H,9H2,(H4,22,23,24,25). The van der Waals surface area contributed by atoms with Gasteiger partial charge < -0.3 is 16.2 Å². The molecular formula is C18H13F2N5O. The van der Waals surface area contributed by atoms with Crippen molar-refractivity contribution in [2.45, 2.75) is 6.61 Å². The molecule has 2 aromatic carbocycles. The maximum atomic E-state index is 13.6. The lowest BCUT2D eigenvalue weighted by molar-refractivity contribution is 0.289. The fourth-order valence-electron chi connectivity index (χ4n) is 2.33. The zero-order chi connectivity index (χ0) is 18.7. The van der Waals surface area contributed by atoms with Crippen molar-refractivity contribution in [3.63, 3.8) is 0 Å². The number of nitriles is 1. The van der Waals surface area contributed by atoms with Crippen LogP contribution >= 0.6 is 0 Å². The number of nitrogen functional groups attached to an aromatic ring is 2. The molecule has 3 rings (SSSR count). The minimum absolute atomic E-state index is 0.00851. The van der Waals surface area contributed by atoms with Crippen molar-refractivity contribution in [3.8, 4) is 23.1 Å². The van der Waals surface area contributed by atoms with Gasteiger partial charge in [0.05, 0.1) is 5.69 Å². The molecule has 1 heterocycles. The highest BCUT2D eigenvalue weighted by Crippen LogP contribution is 2.26. The summed E-state index contributed by atoms with van der Waals surface area (Å²) in [6.45, 7) is 0.0853. The van der Waals surface area contributed by atoms with Crippen molar-refractivity contribution in [1.29, 1.82) is 5.26 Å². The van der Waals surface area contributed by atoms with Crippen LogP contribution in [-0.2, 0) is 6.61 Å². The largest absolute Gasteiger partial charge is 0.486 e. The lowest BCUT2D eigenvalue weighted by Gasteiger charge is -2.09. The van der Waals surface area contributed by atoms with Crippen LogP contribution in [0.1, 0.15) is 11.1 Å². The second-order valence-corrected chi connectivity index (χ2v) is 5.36. The van der Waals surface area contributed by atoms with Gasteiger partial charge in [-0.15, -0.1) is 0 Å². The van der Waals surface area contributed by atoms with E-state index in [2.05, 4.69) is 9.97 Å². The van der Waals surface area contributed by atoms with Crippen molar-refractivity contribution in [1.82, 2.24) is 9.97 Å². The van der Waals surface area contributed by atoms with Gasteiger partial charge in [-0.1, -0.05) is 24.3 Å². The van der Waals surface area contributed by atoms with Gasteiger partial charge in [-0.25, -0.2) is 13.8 Å². The summed E-state index contributed by atoms with van der Waals surface area (Å²) < 4.78 is 31.8. The quantitative estimate of drug-likeness (QED) is 0.746. The van der Waals surface area contributed by atoms with Crippen LogP contribution < -0.4 is 16.2 Å². The second kappa shape index (κ2) is 7.03. The van der Waals surface area contributed by atoms with Crippen LogP contribution in [0.25, 0.3) is 11.3 Å². The highest BCUT2D eigenvalue weighted by molar-refractivity contribution is 5.73. The number of hydrogen-bond acceptors (Lipinski definition) is 6. The molecule has 0 spiro atoms. The van der Waals surface area contributed by atoms with Crippen LogP contribution in [0.15, 0.2) is 42.5 Å². The van der Waals surface area contributed by atoms with Gasteiger partial charge in [0.15, 0.2) is 11.6 Å². The smallest absolute Gasteiger partial charge is 0.222 e. The molecule has 8 heteroatoms. The number of hydrogen-bond donors (Lipinski definition) is 2. The zero-order valence-corrected chi connectivity index (χ0v) is 13.4. The van der Waals surface area contributed by atoms with Gasteiger partial charge in [0.2, 0.25) is 5.95 Å². The van der Waals surface area contributed by atoms with Gasteiger partial charge in [0, 0.05) is 11.6 Å². The van der Waals surface area contributed by atoms with E-state index in [0.717, 1.165) is 17.7 Å². The molecule has 0 aliphatic rings. The molecule has 0 bridgehead atoms. The summed E-state index contributed by atoms with van der Waals surface area (Å²) in [4.78, 5) is 7.83. The van der Waals surface area contributed by atoms with Gasteiger partial charge >= 0.3 is 0 Å². The molecule has 26 heavy (non-hydrogen) atoms. The Morgan fingerprint density at radius 2 is 1.77 bits per heavy atom. The van der Waals surface area contributed by atoms with Gasteiger partial charge in [-0.2, -0.15) is 10.2 Å². The van der Waals surface area contributed by atoms with Gasteiger partial charge in [0.1, 0.15) is 29.9 Å². The predicted octanol–water partition coefficient (Wildman–Crippen LogP) is 3.04. The number of rotatable bonds is 4. The summed E-state index contributed by atoms with van der Waals surface area (Å²) >= 11 is 0. The molecule has 0 atom stereocenters. The Labute approximate surface area is 147 Å². The summed E-state index contributed by atoms with van der Waals surface area (Å²) in [6, 6.07) is 11.9. The SMILES string of the molecule is N#Cc1c(N)nc(N)nc1-c1ccc(COc2ccc(F)cc2F)cc1. The normalized spacial score (nSPS) is 10.3. The number of halogens is 2. The molecular weight excluding hydrogens is 340 g/mol. The van der Waals surface area contributed by atoms with E-state index in [1.807, 2.05) is 6.07 Å². The molecule has 0 aliphatic carbocycles. The molecule has 0 aliphatic heterocycles. The Bertz CT molecular complexity index is 1000. The fourth-order valence-corrected chi connectivity index (χ4v) is 2.33.